The van der Waals surface area contributed by atoms with Gasteiger partial charge in [0.05, 0.1) is 12.2 Å². The molecule has 0 amide bonds. The van der Waals surface area contributed by atoms with E-state index in [0.29, 0.717) is 23.7 Å². The van der Waals surface area contributed by atoms with Gasteiger partial charge in [0.1, 0.15) is 4.90 Å². The fraction of sp³-hybridized carbons (Fsp3) is 0.136. The summed E-state index contributed by atoms with van der Waals surface area (Å²) >= 11 is 6.30. The van der Waals surface area contributed by atoms with Crippen molar-refractivity contribution in [1.82, 2.24) is 4.72 Å². The highest BCUT2D eigenvalue weighted by atomic mass is 35.5. The SMILES string of the molecule is Cc1ccccc1CN=C1Nc2c(Cc3ccccc3Cl)cccc2S(=O)(=O)N1. The van der Waals surface area contributed by atoms with Crippen LogP contribution in [-0.2, 0) is 23.0 Å². The second kappa shape index (κ2) is 7.89. The van der Waals surface area contributed by atoms with Gasteiger partial charge in [0.15, 0.2) is 0 Å². The Morgan fingerprint density at radius 3 is 2.34 bits per heavy atom. The van der Waals surface area contributed by atoms with Crippen LogP contribution in [0.25, 0.3) is 0 Å². The molecule has 0 radical (unpaired) electrons. The number of aryl methyl sites for hydroxylation is 1. The lowest BCUT2D eigenvalue weighted by Gasteiger charge is -2.24. The van der Waals surface area contributed by atoms with Crippen molar-refractivity contribution in [2.75, 3.05) is 5.32 Å². The zero-order valence-corrected chi connectivity index (χ0v) is 17.4. The van der Waals surface area contributed by atoms with Gasteiger partial charge in [0, 0.05) is 11.4 Å². The summed E-state index contributed by atoms with van der Waals surface area (Å²) in [5.41, 5.74) is 4.45. The molecule has 1 heterocycles. The number of para-hydroxylation sites is 1. The Kier molecular flexibility index (Phi) is 5.30. The summed E-state index contributed by atoms with van der Waals surface area (Å²) in [5.74, 6) is 0.215. The van der Waals surface area contributed by atoms with Gasteiger partial charge < -0.3 is 5.32 Å². The number of fused-ring (bicyclic) bond motifs is 1. The number of nitrogens with one attached hydrogen (secondary N) is 2. The quantitative estimate of drug-likeness (QED) is 0.646. The fourth-order valence-corrected chi connectivity index (χ4v) is 4.68. The summed E-state index contributed by atoms with van der Waals surface area (Å²) in [6.45, 7) is 2.38. The monoisotopic (exact) mass is 425 g/mol. The zero-order valence-electron chi connectivity index (χ0n) is 15.8. The number of sulfonamides is 1. The summed E-state index contributed by atoms with van der Waals surface area (Å²) in [5, 5.41) is 3.82. The fourth-order valence-electron chi connectivity index (χ4n) is 3.29. The molecular weight excluding hydrogens is 406 g/mol. The predicted octanol–water partition coefficient (Wildman–Crippen LogP) is 4.50. The molecule has 5 nitrogen and oxygen atoms in total. The molecule has 1 aliphatic rings. The molecule has 7 heteroatoms. The summed E-state index contributed by atoms with van der Waals surface area (Å²) in [4.78, 5) is 4.67. The van der Waals surface area contributed by atoms with E-state index in [1.54, 1.807) is 12.1 Å². The van der Waals surface area contributed by atoms with Gasteiger partial charge >= 0.3 is 0 Å². The first-order valence-electron chi connectivity index (χ1n) is 9.18. The minimum atomic E-state index is -3.71. The number of nitrogens with zero attached hydrogens (tertiary/aromatic N) is 1. The Morgan fingerprint density at radius 2 is 1.59 bits per heavy atom. The van der Waals surface area contributed by atoms with Crippen molar-refractivity contribution in [3.63, 3.8) is 0 Å². The van der Waals surface area contributed by atoms with Gasteiger partial charge in [-0.05, 0) is 41.3 Å². The Hall–Kier alpha value is -2.83. The van der Waals surface area contributed by atoms with E-state index in [9.17, 15) is 8.42 Å². The van der Waals surface area contributed by atoms with Crippen LogP contribution in [0.5, 0.6) is 0 Å². The van der Waals surface area contributed by atoms with E-state index in [0.717, 1.165) is 22.3 Å². The van der Waals surface area contributed by atoms with Crippen LogP contribution in [0.2, 0.25) is 5.02 Å². The Morgan fingerprint density at radius 1 is 0.897 bits per heavy atom. The highest BCUT2D eigenvalue weighted by Crippen LogP contribution is 2.31. The summed E-state index contributed by atoms with van der Waals surface area (Å²) in [6.07, 6.45) is 0.510. The first-order chi connectivity index (χ1) is 13.9. The van der Waals surface area contributed by atoms with E-state index in [1.165, 1.54) is 0 Å². The third-order valence-corrected chi connectivity index (χ3v) is 6.63. The van der Waals surface area contributed by atoms with Crippen LogP contribution in [0.15, 0.2) is 76.6 Å². The molecule has 148 valence electrons. The number of aliphatic imine (C=N–C) groups is 1. The Balaban J connectivity index is 1.69. The molecule has 0 atom stereocenters. The molecule has 0 aliphatic carbocycles. The lowest BCUT2D eigenvalue weighted by atomic mass is 10.0. The molecule has 2 N–H and O–H groups in total. The molecule has 29 heavy (non-hydrogen) atoms. The van der Waals surface area contributed by atoms with Crippen LogP contribution in [0.4, 0.5) is 5.69 Å². The molecule has 0 aromatic heterocycles. The summed E-state index contributed by atoms with van der Waals surface area (Å²) < 4.78 is 28.1. The van der Waals surface area contributed by atoms with Crippen molar-refractivity contribution in [2.45, 2.75) is 24.8 Å². The van der Waals surface area contributed by atoms with Crippen LogP contribution in [0.3, 0.4) is 0 Å². The number of rotatable bonds is 4. The molecule has 0 bridgehead atoms. The van der Waals surface area contributed by atoms with Crippen LogP contribution in [0.1, 0.15) is 22.3 Å². The van der Waals surface area contributed by atoms with Gasteiger partial charge in [-0.15, -0.1) is 0 Å². The van der Waals surface area contributed by atoms with Gasteiger partial charge in [0.2, 0.25) is 5.96 Å². The highest BCUT2D eigenvalue weighted by molar-refractivity contribution is 7.90. The van der Waals surface area contributed by atoms with E-state index >= 15 is 0 Å². The summed E-state index contributed by atoms with van der Waals surface area (Å²) in [6, 6.07) is 20.7. The molecule has 4 rings (SSSR count). The van der Waals surface area contributed by atoms with Gasteiger partial charge in [-0.2, -0.15) is 0 Å². The van der Waals surface area contributed by atoms with E-state index in [1.807, 2.05) is 61.5 Å². The van der Waals surface area contributed by atoms with E-state index in [2.05, 4.69) is 15.0 Å². The molecule has 1 aliphatic heterocycles. The molecule has 3 aromatic rings. The molecule has 0 saturated heterocycles. The van der Waals surface area contributed by atoms with Crippen LogP contribution in [-0.4, -0.2) is 14.4 Å². The maximum atomic E-state index is 12.8. The van der Waals surface area contributed by atoms with Gasteiger partial charge in [-0.25, -0.2) is 18.1 Å². The van der Waals surface area contributed by atoms with Crippen molar-refractivity contribution < 1.29 is 8.42 Å². The third kappa shape index (κ3) is 4.13. The van der Waals surface area contributed by atoms with E-state index in [4.69, 9.17) is 11.6 Å². The molecule has 3 aromatic carbocycles. The average Bonchev–Trinajstić information content (AvgIpc) is 2.69. The first kappa shape index (κ1) is 19.5. The molecule has 0 unspecified atom stereocenters. The van der Waals surface area contributed by atoms with Gasteiger partial charge in [0.25, 0.3) is 10.0 Å². The van der Waals surface area contributed by atoms with Crippen molar-refractivity contribution in [3.05, 3.63) is 94.0 Å². The molecule has 0 saturated carbocycles. The predicted molar refractivity (Wildman–Crippen MR) is 117 cm³/mol. The molecule has 0 spiro atoms. The van der Waals surface area contributed by atoms with Crippen LogP contribution >= 0.6 is 11.6 Å². The van der Waals surface area contributed by atoms with Crippen molar-refractivity contribution >= 4 is 33.3 Å². The number of anilines is 1. The first-order valence-corrected chi connectivity index (χ1v) is 11.0. The smallest absolute Gasteiger partial charge is 0.266 e. The summed E-state index contributed by atoms with van der Waals surface area (Å²) in [7, 11) is -3.71. The topological polar surface area (TPSA) is 70.6 Å². The van der Waals surface area contributed by atoms with Gasteiger partial charge in [-0.1, -0.05) is 66.2 Å². The third-order valence-electron chi connectivity index (χ3n) is 4.88. The Bertz CT molecular complexity index is 1210. The Labute approximate surface area is 175 Å². The zero-order chi connectivity index (χ0) is 20.4. The average molecular weight is 426 g/mol. The normalized spacial score (nSPS) is 16.0. The van der Waals surface area contributed by atoms with Crippen molar-refractivity contribution in [3.8, 4) is 0 Å². The van der Waals surface area contributed by atoms with E-state index < -0.39 is 10.0 Å². The highest BCUT2D eigenvalue weighted by Gasteiger charge is 2.28. The number of guanidine groups is 1. The largest absolute Gasteiger partial charge is 0.324 e. The van der Waals surface area contributed by atoms with E-state index in [-0.39, 0.29) is 10.9 Å². The maximum Gasteiger partial charge on any atom is 0.266 e. The second-order valence-electron chi connectivity index (χ2n) is 6.88. The van der Waals surface area contributed by atoms with Crippen LogP contribution < -0.4 is 10.0 Å². The molecular formula is C22H20ClN3O2S. The maximum absolute atomic E-state index is 12.8. The number of hydrogen-bond acceptors (Lipinski definition) is 3. The minimum Gasteiger partial charge on any atom is -0.324 e. The van der Waals surface area contributed by atoms with Crippen molar-refractivity contribution in [2.24, 2.45) is 4.99 Å². The lowest BCUT2D eigenvalue weighted by Crippen LogP contribution is -2.41. The second-order valence-corrected chi connectivity index (χ2v) is 8.94. The van der Waals surface area contributed by atoms with Crippen LogP contribution in [0, 0.1) is 6.92 Å². The molecule has 0 fully saturated rings. The number of hydrogen-bond donors (Lipinski definition) is 2. The van der Waals surface area contributed by atoms with Gasteiger partial charge in [-0.3, -0.25) is 0 Å². The standard InChI is InChI=1S/C22H20ClN3O2S/c1-15-7-2-3-9-18(15)14-24-22-25-21-17(13-16-8-4-5-11-19(16)23)10-6-12-20(21)29(27,28)26-22/h2-12H,13-14H2,1H3,(H2,24,25,26). The number of halogens is 1. The van der Waals surface area contributed by atoms with Crippen molar-refractivity contribution in [1.29, 1.82) is 0 Å². The number of benzene rings is 3. The minimum absolute atomic E-state index is 0.205. The lowest BCUT2D eigenvalue weighted by molar-refractivity contribution is 0.591.